The number of rotatable bonds is 8. The van der Waals surface area contributed by atoms with Crippen molar-refractivity contribution in [1.29, 1.82) is 0 Å². The van der Waals surface area contributed by atoms with Gasteiger partial charge >= 0.3 is 5.97 Å². The van der Waals surface area contributed by atoms with Crippen LogP contribution in [-0.4, -0.2) is 24.7 Å². The number of carbonyl (C=O) groups is 2. The van der Waals surface area contributed by atoms with Gasteiger partial charge in [0.1, 0.15) is 0 Å². The minimum Gasteiger partial charge on any atom is -0.465 e. The number of amides is 1. The number of hydrogen-bond acceptors (Lipinski definition) is 4. The van der Waals surface area contributed by atoms with E-state index in [1.807, 2.05) is 54.6 Å². The normalized spacial score (nSPS) is 10.4. The SMILES string of the molecule is COC(=O)c1cccc(CSCC(=O)Nc2ccccc2Cc2ccccc2)c1. The Kier molecular flexibility index (Phi) is 7.47. The molecule has 3 aromatic carbocycles. The molecule has 29 heavy (non-hydrogen) atoms. The predicted molar refractivity (Wildman–Crippen MR) is 118 cm³/mol. The summed E-state index contributed by atoms with van der Waals surface area (Å²) in [7, 11) is 1.36. The Morgan fingerprint density at radius 2 is 1.62 bits per heavy atom. The third-order valence-corrected chi connectivity index (χ3v) is 5.38. The van der Waals surface area contributed by atoms with Crippen molar-refractivity contribution in [3.63, 3.8) is 0 Å². The number of benzene rings is 3. The van der Waals surface area contributed by atoms with Crippen molar-refractivity contribution in [2.45, 2.75) is 12.2 Å². The molecule has 1 N–H and O–H groups in total. The Bertz CT molecular complexity index is 973. The van der Waals surface area contributed by atoms with E-state index in [9.17, 15) is 9.59 Å². The summed E-state index contributed by atoms with van der Waals surface area (Å²) in [6, 6.07) is 25.3. The second kappa shape index (κ2) is 10.5. The molecule has 0 saturated carbocycles. The molecule has 0 aliphatic heterocycles. The molecular weight excluding hydrogens is 382 g/mol. The summed E-state index contributed by atoms with van der Waals surface area (Å²) in [5, 5.41) is 3.02. The van der Waals surface area contributed by atoms with E-state index >= 15 is 0 Å². The minimum absolute atomic E-state index is 0.0420. The second-order valence-corrected chi connectivity index (χ2v) is 7.54. The van der Waals surface area contributed by atoms with Gasteiger partial charge in [-0.1, -0.05) is 60.7 Å². The third kappa shape index (κ3) is 6.22. The molecule has 0 spiro atoms. The van der Waals surface area contributed by atoms with Gasteiger partial charge in [-0.05, 0) is 41.3 Å². The van der Waals surface area contributed by atoms with Crippen LogP contribution >= 0.6 is 11.8 Å². The first-order chi connectivity index (χ1) is 14.2. The molecule has 0 saturated heterocycles. The van der Waals surface area contributed by atoms with Gasteiger partial charge in [0.25, 0.3) is 0 Å². The van der Waals surface area contributed by atoms with Gasteiger partial charge in [-0.15, -0.1) is 11.8 Å². The lowest BCUT2D eigenvalue weighted by Gasteiger charge is -2.11. The van der Waals surface area contributed by atoms with Crippen molar-refractivity contribution in [2.24, 2.45) is 0 Å². The second-order valence-electron chi connectivity index (χ2n) is 6.55. The molecule has 3 aromatic rings. The maximum Gasteiger partial charge on any atom is 0.337 e. The van der Waals surface area contributed by atoms with E-state index in [0.717, 1.165) is 23.2 Å². The number of esters is 1. The highest BCUT2D eigenvalue weighted by molar-refractivity contribution is 7.99. The third-order valence-electron chi connectivity index (χ3n) is 4.38. The summed E-state index contributed by atoms with van der Waals surface area (Å²) in [6.45, 7) is 0. The summed E-state index contributed by atoms with van der Waals surface area (Å²) in [4.78, 5) is 24.0. The molecule has 0 bridgehead atoms. The summed E-state index contributed by atoms with van der Waals surface area (Å²) >= 11 is 1.51. The standard InChI is InChI=1S/C24H23NO3S/c1-28-24(27)21-12-7-10-19(15-21)16-29-17-23(26)25-22-13-6-5-11-20(22)14-18-8-3-2-4-9-18/h2-13,15H,14,16-17H2,1H3,(H,25,26). The summed E-state index contributed by atoms with van der Waals surface area (Å²) in [5.74, 6) is 0.579. The number of ether oxygens (including phenoxy) is 1. The fourth-order valence-electron chi connectivity index (χ4n) is 2.97. The zero-order valence-corrected chi connectivity index (χ0v) is 17.1. The zero-order valence-electron chi connectivity index (χ0n) is 16.3. The Balaban J connectivity index is 1.54. The van der Waals surface area contributed by atoms with Crippen LogP contribution in [-0.2, 0) is 21.7 Å². The van der Waals surface area contributed by atoms with Crippen LogP contribution in [0.4, 0.5) is 5.69 Å². The Hall–Kier alpha value is -3.05. The fourth-order valence-corrected chi connectivity index (χ4v) is 3.74. The fraction of sp³-hybridized carbons (Fsp3) is 0.167. The molecule has 0 aliphatic carbocycles. The van der Waals surface area contributed by atoms with E-state index in [4.69, 9.17) is 4.74 Å². The number of nitrogens with one attached hydrogen (secondary N) is 1. The molecule has 0 radical (unpaired) electrons. The van der Waals surface area contributed by atoms with Crippen molar-refractivity contribution in [1.82, 2.24) is 0 Å². The lowest BCUT2D eigenvalue weighted by molar-refractivity contribution is -0.113. The van der Waals surface area contributed by atoms with Crippen molar-refractivity contribution in [2.75, 3.05) is 18.2 Å². The van der Waals surface area contributed by atoms with Gasteiger partial charge in [-0.2, -0.15) is 0 Å². The van der Waals surface area contributed by atoms with Crippen LogP contribution in [0.2, 0.25) is 0 Å². The number of anilines is 1. The first-order valence-corrected chi connectivity index (χ1v) is 10.5. The van der Waals surface area contributed by atoms with Gasteiger partial charge in [-0.3, -0.25) is 4.79 Å². The molecule has 5 heteroatoms. The van der Waals surface area contributed by atoms with Crippen LogP contribution < -0.4 is 5.32 Å². The van der Waals surface area contributed by atoms with Gasteiger partial charge in [0.2, 0.25) is 5.91 Å². The summed E-state index contributed by atoms with van der Waals surface area (Å²) in [5.41, 5.74) is 4.63. The van der Waals surface area contributed by atoms with Crippen LogP contribution in [0.3, 0.4) is 0 Å². The van der Waals surface area contributed by atoms with Gasteiger partial charge in [-0.25, -0.2) is 4.79 Å². The van der Waals surface area contributed by atoms with Crippen LogP contribution in [0.5, 0.6) is 0 Å². The Morgan fingerprint density at radius 1 is 0.897 bits per heavy atom. The maximum atomic E-state index is 12.4. The first kappa shape index (κ1) is 20.7. The molecule has 0 heterocycles. The zero-order chi connectivity index (χ0) is 20.5. The number of carbonyl (C=O) groups excluding carboxylic acids is 2. The molecule has 3 rings (SSSR count). The summed E-state index contributed by atoms with van der Waals surface area (Å²) in [6.07, 6.45) is 0.769. The van der Waals surface area contributed by atoms with Gasteiger partial charge < -0.3 is 10.1 Å². The number of para-hydroxylation sites is 1. The predicted octanol–water partition coefficient (Wildman–Crippen LogP) is 4.94. The van der Waals surface area contributed by atoms with Crippen LogP contribution in [0.15, 0.2) is 78.9 Å². The van der Waals surface area contributed by atoms with E-state index in [-0.39, 0.29) is 11.9 Å². The Morgan fingerprint density at radius 3 is 2.41 bits per heavy atom. The average molecular weight is 406 g/mol. The number of hydrogen-bond donors (Lipinski definition) is 1. The lowest BCUT2D eigenvalue weighted by Crippen LogP contribution is -2.15. The quantitative estimate of drug-likeness (QED) is 0.540. The van der Waals surface area contributed by atoms with Gasteiger partial charge in [0.15, 0.2) is 0 Å². The molecule has 0 unspecified atom stereocenters. The topological polar surface area (TPSA) is 55.4 Å². The smallest absolute Gasteiger partial charge is 0.337 e. The average Bonchev–Trinajstić information content (AvgIpc) is 2.75. The molecule has 1 amide bonds. The van der Waals surface area contributed by atoms with Gasteiger partial charge in [0.05, 0.1) is 18.4 Å². The van der Waals surface area contributed by atoms with E-state index in [2.05, 4.69) is 17.4 Å². The van der Waals surface area contributed by atoms with Crippen molar-refractivity contribution in [3.8, 4) is 0 Å². The first-order valence-electron chi connectivity index (χ1n) is 9.32. The van der Waals surface area contributed by atoms with Crippen molar-refractivity contribution >= 4 is 29.3 Å². The highest BCUT2D eigenvalue weighted by Gasteiger charge is 2.09. The van der Waals surface area contributed by atoms with Crippen LogP contribution in [0, 0.1) is 0 Å². The lowest BCUT2D eigenvalue weighted by atomic mass is 10.0. The van der Waals surface area contributed by atoms with Crippen LogP contribution in [0.1, 0.15) is 27.0 Å². The molecule has 4 nitrogen and oxygen atoms in total. The largest absolute Gasteiger partial charge is 0.465 e. The van der Waals surface area contributed by atoms with Crippen LogP contribution in [0.25, 0.3) is 0 Å². The van der Waals surface area contributed by atoms with Gasteiger partial charge in [0, 0.05) is 11.4 Å². The highest BCUT2D eigenvalue weighted by Crippen LogP contribution is 2.20. The molecular formula is C24H23NO3S. The Labute approximate surface area is 175 Å². The van der Waals surface area contributed by atoms with E-state index < -0.39 is 0 Å². The van der Waals surface area contributed by atoms with E-state index in [1.54, 1.807) is 12.1 Å². The van der Waals surface area contributed by atoms with Crippen molar-refractivity contribution in [3.05, 3.63) is 101 Å². The molecule has 148 valence electrons. The van der Waals surface area contributed by atoms with E-state index in [1.165, 1.54) is 24.4 Å². The van der Waals surface area contributed by atoms with E-state index in [0.29, 0.717) is 17.1 Å². The molecule has 0 atom stereocenters. The summed E-state index contributed by atoms with van der Waals surface area (Å²) < 4.78 is 4.74. The molecule has 0 aliphatic rings. The minimum atomic E-state index is -0.357. The molecule has 0 fully saturated rings. The number of thioether (sulfide) groups is 1. The monoisotopic (exact) mass is 405 g/mol. The maximum absolute atomic E-state index is 12.4. The molecule has 0 aromatic heterocycles. The van der Waals surface area contributed by atoms with Crippen molar-refractivity contribution < 1.29 is 14.3 Å². The highest BCUT2D eigenvalue weighted by atomic mass is 32.2. The number of methoxy groups -OCH3 is 1.